The molecule has 2 heterocycles. The van der Waals surface area contributed by atoms with Crippen molar-refractivity contribution < 1.29 is 19.1 Å². The summed E-state index contributed by atoms with van der Waals surface area (Å²) in [5.74, 6) is -0.673. The van der Waals surface area contributed by atoms with Crippen molar-refractivity contribution in [1.82, 2.24) is 4.90 Å². The summed E-state index contributed by atoms with van der Waals surface area (Å²) >= 11 is 0. The Kier molecular flexibility index (Phi) is 4.16. The third kappa shape index (κ3) is 2.61. The molecule has 2 bridgehead atoms. The van der Waals surface area contributed by atoms with Gasteiger partial charge in [0.05, 0.1) is 5.56 Å². The maximum absolute atomic E-state index is 12.3. The summed E-state index contributed by atoms with van der Waals surface area (Å²) in [5, 5.41) is 0. The van der Waals surface area contributed by atoms with Crippen molar-refractivity contribution >= 4 is 11.9 Å². The molecule has 0 amide bonds. The van der Waals surface area contributed by atoms with Crippen LogP contribution >= 0.6 is 0 Å². The Morgan fingerprint density at radius 1 is 1.27 bits per heavy atom. The fraction of sp³-hybridized carbons (Fsp3) is 0.529. The second-order valence-corrected chi connectivity index (χ2v) is 6.08. The van der Waals surface area contributed by atoms with E-state index in [4.69, 9.17) is 9.47 Å². The fourth-order valence-corrected chi connectivity index (χ4v) is 3.78. The maximum atomic E-state index is 12.3. The van der Waals surface area contributed by atoms with Gasteiger partial charge in [0, 0.05) is 18.5 Å². The van der Waals surface area contributed by atoms with Gasteiger partial charge in [-0.3, -0.25) is 4.90 Å². The van der Waals surface area contributed by atoms with Crippen LogP contribution in [-0.4, -0.2) is 54.0 Å². The van der Waals surface area contributed by atoms with Gasteiger partial charge < -0.3 is 14.3 Å². The third-order valence-electron chi connectivity index (χ3n) is 4.98. The zero-order valence-corrected chi connectivity index (χ0v) is 12.9. The van der Waals surface area contributed by atoms with E-state index >= 15 is 0 Å². The quantitative estimate of drug-likeness (QED) is 0.631. The number of hydrogen-bond donors (Lipinski definition) is 0. The highest BCUT2D eigenvalue weighted by Gasteiger charge is 2.53. The molecule has 1 aromatic carbocycles. The first kappa shape index (κ1) is 15.0. The minimum Gasteiger partial charge on any atom is -0.457 e. The highest BCUT2D eigenvalue weighted by atomic mass is 16.6. The highest BCUT2D eigenvalue weighted by molar-refractivity contribution is 5.89. The Morgan fingerprint density at radius 3 is 2.68 bits per heavy atom. The van der Waals surface area contributed by atoms with Crippen molar-refractivity contribution in [3.05, 3.63) is 35.9 Å². The Balaban J connectivity index is 1.79. The third-order valence-corrected chi connectivity index (χ3v) is 4.98. The molecule has 2 saturated heterocycles. The van der Waals surface area contributed by atoms with Gasteiger partial charge >= 0.3 is 11.9 Å². The lowest BCUT2D eigenvalue weighted by molar-refractivity contribution is -0.0225. The number of carbonyl (C=O) groups is 1. The number of esters is 2. The van der Waals surface area contributed by atoms with Crippen molar-refractivity contribution in [1.29, 1.82) is 0 Å². The standard InChI is InChI=1S/C17H21NO4/c1-18-12-8-9-13(18)15(17(20)21-2)14(10-12)22-16(19)11-6-4-3-5-7-11/h3-7,12-15H,8-10H2,1-2H3/p+1. The van der Waals surface area contributed by atoms with Crippen molar-refractivity contribution in [3.8, 4) is 0 Å². The van der Waals surface area contributed by atoms with Crippen LogP contribution in [0.25, 0.3) is 0 Å². The van der Waals surface area contributed by atoms with Crippen LogP contribution < -0.4 is 0 Å². The number of ether oxygens (including phenoxy) is 2. The molecular formula is C17H22NO4+. The lowest BCUT2D eigenvalue weighted by Crippen LogP contribution is -2.53. The first-order valence-electron chi connectivity index (χ1n) is 7.69. The number of fused-ring (bicyclic) bond motifs is 2. The molecule has 0 saturated carbocycles. The largest absolute Gasteiger partial charge is 0.491 e. The number of rotatable bonds is 3. The SMILES string of the molecule is COC(=[OH+])C1C(OC(=O)c2ccccc2)CC2CCC1N2C. The summed E-state index contributed by atoms with van der Waals surface area (Å²) < 4.78 is 10.8. The van der Waals surface area contributed by atoms with Gasteiger partial charge in [0.15, 0.2) is 13.0 Å². The van der Waals surface area contributed by atoms with E-state index in [0.29, 0.717) is 11.6 Å². The summed E-state index contributed by atoms with van der Waals surface area (Å²) in [7, 11) is 3.51. The molecule has 0 spiro atoms. The maximum Gasteiger partial charge on any atom is 0.491 e. The zero-order valence-electron chi connectivity index (χ0n) is 12.9. The summed E-state index contributed by atoms with van der Waals surface area (Å²) in [5.41, 5.74) is 0.532. The lowest BCUT2D eigenvalue weighted by atomic mass is 9.87. The molecule has 4 unspecified atom stereocenters. The van der Waals surface area contributed by atoms with Gasteiger partial charge in [-0.2, -0.15) is 0 Å². The Labute approximate surface area is 130 Å². The molecular weight excluding hydrogens is 282 g/mol. The number of carbonyl (C=O) groups excluding carboxylic acids is 2. The minimum absolute atomic E-state index is 0.0388. The second-order valence-electron chi connectivity index (χ2n) is 6.08. The second kappa shape index (κ2) is 6.08. The van der Waals surface area contributed by atoms with Crippen LogP contribution in [0.3, 0.4) is 0 Å². The normalized spacial score (nSPS) is 30.8. The van der Waals surface area contributed by atoms with Crippen LogP contribution in [0.4, 0.5) is 0 Å². The molecule has 5 nitrogen and oxygen atoms in total. The van der Waals surface area contributed by atoms with Crippen molar-refractivity contribution in [3.63, 3.8) is 0 Å². The molecule has 4 atom stereocenters. The van der Waals surface area contributed by atoms with Gasteiger partial charge in [0.1, 0.15) is 6.10 Å². The number of piperidine rings is 1. The van der Waals surface area contributed by atoms with Gasteiger partial charge in [0.25, 0.3) is 0 Å². The van der Waals surface area contributed by atoms with E-state index in [-0.39, 0.29) is 30.0 Å². The molecule has 2 aliphatic heterocycles. The first-order valence-corrected chi connectivity index (χ1v) is 7.69. The highest BCUT2D eigenvalue weighted by Crippen LogP contribution is 2.40. The van der Waals surface area contributed by atoms with E-state index in [1.807, 2.05) is 18.2 Å². The number of nitrogens with zero attached hydrogens (tertiary/aromatic N) is 1. The minimum atomic E-state index is -0.346. The predicted molar refractivity (Wildman–Crippen MR) is 82.3 cm³/mol. The summed E-state index contributed by atoms with van der Waals surface area (Å²) in [6.45, 7) is 0. The lowest BCUT2D eigenvalue weighted by Gasteiger charge is -2.39. The number of benzene rings is 1. The molecule has 1 aromatic rings. The van der Waals surface area contributed by atoms with E-state index in [9.17, 15) is 9.59 Å². The van der Waals surface area contributed by atoms with Crippen molar-refractivity contribution in [2.45, 2.75) is 37.5 Å². The van der Waals surface area contributed by atoms with Gasteiger partial charge in [-0.1, -0.05) is 18.2 Å². The Bertz CT molecular complexity index is 559. The predicted octanol–water partition coefficient (Wildman–Crippen LogP) is 1.84. The molecule has 3 rings (SSSR count). The smallest absolute Gasteiger partial charge is 0.457 e. The van der Waals surface area contributed by atoms with Crippen LogP contribution in [0.5, 0.6) is 0 Å². The Hall–Kier alpha value is -1.88. The van der Waals surface area contributed by atoms with E-state index in [1.54, 1.807) is 12.1 Å². The molecule has 1 N–H and O–H groups in total. The average molecular weight is 304 g/mol. The van der Waals surface area contributed by atoms with Gasteiger partial charge in [-0.15, -0.1) is 0 Å². The Morgan fingerprint density at radius 2 is 2.00 bits per heavy atom. The monoisotopic (exact) mass is 304 g/mol. The van der Waals surface area contributed by atoms with Gasteiger partial charge in [-0.05, 0) is 32.0 Å². The topological polar surface area (TPSA) is 60.2 Å². The molecule has 2 aliphatic rings. The summed E-state index contributed by atoms with van der Waals surface area (Å²) in [4.78, 5) is 24.7. The van der Waals surface area contributed by atoms with Gasteiger partial charge in [0.2, 0.25) is 0 Å². The van der Waals surface area contributed by atoms with E-state index in [0.717, 1.165) is 19.3 Å². The van der Waals surface area contributed by atoms with Crippen LogP contribution in [0.1, 0.15) is 29.6 Å². The van der Waals surface area contributed by atoms with Crippen LogP contribution in [0.2, 0.25) is 0 Å². The molecule has 0 aromatic heterocycles. The molecule has 22 heavy (non-hydrogen) atoms. The van der Waals surface area contributed by atoms with E-state index < -0.39 is 0 Å². The van der Waals surface area contributed by atoms with Gasteiger partial charge in [-0.25, -0.2) is 4.79 Å². The van der Waals surface area contributed by atoms with Crippen LogP contribution in [0, 0.1) is 5.92 Å². The fourth-order valence-electron chi connectivity index (χ4n) is 3.78. The summed E-state index contributed by atoms with van der Waals surface area (Å²) in [6, 6.07) is 9.52. The van der Waals surface area contributed by atoms with Crippen LogP contribution in [-0.2, 0) is 9.47 Å². The van der Waals surface area contributed by atoms with E-state index in [1.165, 1.54) is 7.11 Å². The molecule has 0 radical (unpaired) electrons. The summed E-state index contributed by atoms with van der Waals surface area (Å²) in [6.07, 6.45) is 2.43. The average Bonchev–Trinajstić information content (AvgIpc) is 2.78. The van der Waals surface area contributed by atoms with Crippen molar-refractivity contribution in [2.24, 2.45) is 5.92 Å². The van der Waals surface area contributed by atoms with Crippen molar-refractivity contribution in [2.75, 3.05) is 14.2 Å². The molecule has 5 heteroatoms. The first-order chi connectivity index (χ1) is 10.6. The number of methoxy groups -OCH3 is 1. The van der Waals surface area contributed by atoms with E-state index in [2.05, 4.69) is 11.9 Å². The molecule has 2 fully saturated rings. The van der Waals surface area contributed by atoms with Crippen LogP contribution in [0.15, 0.2) is 30.3 Å². The number of hydrogen-bond acceptors (Lipinski definition) is 4. The zero-order chi connectivity index (χ0) is 15.7. The molecule has 118 valence electrons. The molecule has 0 aliphatic carbocycles.